The normalized spacial score (nSPS) is 27.8. The molecule has 0 radical (unpaired) electrons. The second-order valence-electron chi connectivity index (χ2n) is 5.55. The van der Waals surface area contributed by atoms with Crippen molar-refractivity contribution in [1.82, 2.24) is 5.32 Å². The number of carboxylic acids is 1. The Morgan fingerprint density at radius 1 is 1.35 bits per heavy atom. The lowest BCUT2D eigenvalue weighted by Gasteiger charge is -2.25. The molecule has 0 aromatic carbocycles. The molecule has 5 nitrogen and oxygen atoms in total. The summed E-state index contributed by atoms with van der Waals surface area (Å²) < 4.78 is 4.61. The first-order valence-corrected chi connectivity index (χ1v) is 6.28. The van der Waals surface area contributed by atoms with Crippen molar-refractivity contribution in [2.75, 3.05) is 0 Å². The van der Waals surface area contributed by atoms with E-state index in [1.807, 2.05) is 0 Å². The maximum Gasteiger partial charge on any atom is 0.334 e. The number of aliphatic carboxylic acids is 1. The van der Waals surface area contributed by atoms with Gasteiger partial charge in [0.1, 0.15) is 5.60 Å². The summed E-state index contributed by atoms with van der Waals surface area (Å²) in [6, 6.07) is -0.856. The Morgan fingerprint density at radius 2 is 1.88 bits per heavy atom. The molecule has 0 amide bonds. The van der Waals surface area contributed by atoms with Crippen LogP contribution in [0.15, 0.2) is 0 Å². The molecule has 1 heterocycles. The molecule has 1 saturated heterocycles. The summed E-state index contributed by atoms with van der Waals surface area (Å²) in [5.41, 5.74) is -0.580. The van der Waals surface area contributed by atoms with Crippen LogP contribution in [-0.4, -0.2) is 33.7 Å². The highest BCUT2D eigenvalue weighted by Crippen LogP contribution is 2.38. The van der Waals surface area contributed by atoms with Gasteiger partial charge >= 0.3 is 5.97 Å². The van der Waals surface area contributed by atoms with Crippen LogP contribution in [0.1, 0.15) is 34.6 Å². The van der Waals surface area contributed by atoms with Gasteiger partial charge < -0.3 is 14.6 Å². The number of esters is 1. The van der Waals surface area contributed by atoms with Gasteiger partial charge in [0.05, 0.1) is 12.0 Å². The Morgan fingerprint density at radius 3 is 2.24 bits per heavy atom. The molecule has 1 rings (SSSR count). The van der Waals surface area contributed by atoms with E-state index in [1.54, 1.807) is 34.6 Å². The van der Waals surface area contributed by atoms with Crippen molar-refractivity contribution in [1.29, 1.82) is 0 Å². The number of nitrogens with one attached hydrogen (secondary N) is 1. The van der Waals surface area contributed by atoms with Crippen molar-refractivity contribution in [3.8, 4) is 0 Å². The highest BCUT2D eigenvalue weighted by atomic mass is 32.2. The first-order valence-electron chi connectivity index (χ1n) is 5.40. The molecule has 0 bridgehead atoms. The average molecular weight is 260 g/mol. The van der Waals surface area contributed by atoms with Gasteiger partial charge in [-0.25, -0.2) is 4.79 Å². The Hall–Kier alpha value is -0.750. The van der Waals surface area contributed by atoms with E-state index in [-0.39, 0.29) is 0 Å². The summed E-state index contributed by atoms with van der Waals surface area (Å²) >= 11 is 1.25. The lowest BCUT2D eigenvalue weighted by atomic mass is 10.0. The molecule has 1 aliphatic heterocycles. The van der Waals surface area contributed by atoms with Crippen LogP contribution in [0.5, 0.6) is 0 Å². The van der Waals surface area contributed by atoms with E-state index in [9.17, 15) is 14.7 Å². The third kappa shape index (κ3) is 3.61. The van der Waals surface area contributed by atoms with Crippen LogP contribution >= 0.6 is 11.8 Å². The quantitative estimate of drug-likeness (QED) is 0.698. The van der Waals surface area contributed by atoms with Crippen LogP contribution in [0.25, 0.3) is 0 Å². The van der Waals surface area contributed by atoms with Crippen molar-refractivity contribution < 1.29 is 19.4 Å². The van der Waals surface area contributed by atoms with Crippen molar-refractivity contribution >= 4 is 23.7 Å². The Labute approximate surface area is 105 Å². The largest absolute Gasteiger partial charge is 0.548 e. The zero-order valence-corrected chi connectivity index (χ0v) is 11.5. The number of hydrogen-bond acceptors (Lipinski definition) is 6. The van der Waals surface area contributed by atoms with Crippen LogP contribution in [0, 0.1) is 0 Å². The van der Waals surface area contributed by atoms with E-state index in [4.69, 9.17) is 4.74 Å². The number of carbonyl (C=O) groups excluding carboxylic acids is 2. The first kappa shape index (κ1) is 14.3. The third-order valence-electron chi connectivity index (χ3n) is 2.29. The molecule has 0 saturated carbocycles. The molecule has 0 aromatic rings. The van der Waals surface area contributed by atoms with Crippen LogP contribution in [-0.2, 0) is 14.3 Å². The average Bonchev–Trinajstić information content (AvgIpc) is 2.38. The predicted molar refractivity (Wildman–Crippen MR) is 63.2 cm³/mol. The summed E-state index contributed by atoms with van der Waals surface area (Å²) in [6.07, 6.45) is 0. The molecule has 6 heteroatoms. The Bertz CT molecular complexity index is 335. The monoisotopic (exact) mass is 260 g/mol. The lowest BCUT2D eigenvalue weighted by molar-refractivity contribution is -0.308. The van der Waals surface area contributed by atoms with Gasteiger partial charge in [-0.2, -0.15) is 0 Å². The highest BCUT2D eigenvalue weighted by Gasteiger charge is 2.45. The SMILES string of the molecule is CC(C)(C)OC(=O)[C@@H]1N[C@@H](C(=O)[O-])C(C)(C)S1. The minimum Gasteiger partial charge on any atom is -0.548 e. The maximum absolute atomic E-state index is 11.8. The molecular formula is C11H18NO4S-. The second-order valence-corrected chi connectivity index (χ2v) is 7.31. The summed E-state index contributed by atoms with van der Waals surface area (Å²) in [6.45, 7) is 8.83. The number of carbonyl (C=O) groups is 2. The fraction of sp³-hybridized carbons (Fsp3) is 0.818. The number of hydrogen-bond donors (Lipinski definition) is 1. The predicted octanol–water partition coefficient (Wildman–Crippen LogP) is -0.112. The molecule has 0 unspecified atom stereocenters. The van der Waals surface area contributed by atoms with Gasteiger partial charge in [0.25, 0.3) is 0 Å². The standard InChI is InChI=1S/C11H19NO4S/c1-10(2,3)16-9(15)7-12-6(8(13)14)11(4,5)17-7/h6-7,12H,1-5H3,(H,13,14)/p-1/t6-,7+/m0/s1. The Balaban J connectivity index is 2.72. The van der Waals surface area contributed by atoms with Gasteiger partial charge in [0.15, 0.2) is 5.37 Å². The number of ether oxygens (including phenoxy) is 1. The first-order chi connectivity index (χ1) is 7.53. The van der Waals surface area contributed by atoms with Crippen molar-refractivity contribution in [3.63, 3.8) is 0 Å². The van der Waals surface area contributed by atoms with E-state index in [0.717, 1.165) is 0 Å². The highest BCUT2D eigenvalue weighted by molar-refractivity contribution is 8.02. The van der Waals surface area contributed by atoms with E-state index in [1.165, 1.54) is 11.8 Å². The molecular weight excluding hydrogens is 242 g/mol. The summed E-state index contributed by atoms with van der Waals surface area (Å²) in [5.74, 6) is -1.65. The number of thioether (sulfide) groups is 1. The zero-order chi connectivity index (χ0) is 13.4. The van der Waals surface area contributed by atoms with Gasteiger partial charge in [-0.15, -0.1) is 11.8 Å². The van der Waals surface area contributed by atoms with Crippen LogP contribution in [0.2, 0.25) is 0 Å². The Kier molecular flexibility index (Phi) is 3.78. The van der Waals surface area contributed by atoms with E-state index < -0.39 is 33.7 Å². The fourth-order valence-corrected chi connectivity index (χ4v) is 2.84. The summed E-state index contributed by atoms with van der Waals surface area (Å²) in [7, 11) is 0. The lowest BCUT2D eigenvalue weighted by Crippen LogP contribution is -2.52. The fourth-order valence-electron chi connectivity index (χ4n) is 1.58. The van der Waals surface area contributed by atoms with Crippen LogP contribution < -0.4 is 10.4 Å². The van der Waals surface area contributed by atoms with E-state index in [2.05, 4.69) is 5.32 Å². The minimum absolute atomic E-state index is 0.445. The van der Waals surface area contributed by atoms with Gasteiger partial charge in [-0.3, -0.25) is 5.32 Å². The molecule has 2 atom stereocenters. The number of rotatable bonds is 2. The molecule has 98 valence electrons. The van der Waals surface area contributed by atoms with Crippen molar-refractivity contribution in [2.24, 2.45) is 0 Å². The minimum atomic E-state index is -1.20. The van der Waals surface area contributed by atoms with Crippen LogP contribution in [0.3, 0.4) is 0 Å². The maximum atomic E-state index is 11.8. The van der Waals surface area contributed by atoms with Crippen molar-refractivity contribution in [2.45, 2.75) is 56.4 Å². The number of carboxylic acid groups (broad SMARTS) is 1. The molecule has 1 aliphatic rings. The van der Waals surface area contributed by atoms with Gasteiger partial charge in [0.2, 0.25) is 0 Å². The molecule has 1 N–H and O–H groups in total. The summed E-state index contributed by atoms with van der Waals surface area (Å²) in [4.78, 5) is 22.7. The van der Waals surface area contributed by atoms with E-state index in [0.29, 0.717) is 0 Å². The molecule has 0 aliphatic carbocycles. The molecule has 17 heavy (non-hydrogen) atoms. The van der Waals surface area contributed by atoms with Crippen molar-refractivity contribution in [3.05, 3.63) is 0 Å². The summed E-state index contributed by atoms with van der Waals surface area (Å²) in [5, 5.41) is 13.0. The van der Waals surface area contributed by atoms with Gasteiger partial charge in [0, 0.05) is 4.75 Å². The van der Waals surface area contributed by atoms with Gasteiger partial charge in [-0.1, -0.05) is 0 Å². The molecule has 1 fully saturated rings. The van der Waals surface area contributed by atoms with E-state index >= 15 is 0 Å². The smallest absolute Gasteiger partial charge is 0.334 e. The zero-order valence-electron chi connectivity index (χ0n) is 10.7. The second kappa shape index (κ2) is 4.49. The third-order valence-corrected chi connectivity index (χ3v) is 3.70. The molecule has 0 aromatic heterocycles. The van der Waals surface area contributed by atoms with Gasteiger partial charge in [-0.05, 0) is 34.6 Å². The molecule has 0 spiro atoms. The van der Waals surface area contributed by atoms with Crippen LogP contribution in [0.4, 0.5) is 0 Å². The topological polar surface area (TPSA) is 78.5 Å².